The summed E-state index contributed by atoms with van der Waals surface area (Å²) in [5, 5.41) is 0.247. The molecule has 3 rings (SSSR count). The van der Waals surface area contributed by atoms with Crippen LogP contribution < -0.4 is 5.73 Å². The van der Waals surface area contributed by atoms with E-state index in [-0.39, 0.29) is 11.6 Å². The standard InChI is InChI=1S/C17H16ClNO2/c18-16-14(5-2-6-15(16)19)17(20)21-10-11-7-8-12-3-1-4-13(12)9-11/h2,5-9H,1,3-4,10,19H2. The monoisotopic (exact) mass is 301 g/mol. The van der Waals surface area contributed by atoms with Gasteiger partial charge in [-0.15, -0.1) is 0 Å². The number of benzene rings is 2. The quantitative estimate of drug-likeness (QED) is 0.693. The number of nitrogens with two attached hydrogens (primary N) is 1. The molecule has 0 spiro atoms. The SMILES string of the molecule is Nc1cccc(C(=O)OCc2ccc3c(c2)CCC3)c1Cl. The first-order valence-electron chi connectivity index (χ1n) is 6.97. The van der Waals surface area contributed by atoms with Crippen LogP contribution in [0.15, 0.2) is 36.4 Å². The summed E-state index contributed by atoms with van der Waals surface area (Å²) in [6.07, 6.45) is 3.46. The van der Waals surface area contributed by atoms with Crippen molar-refractivity contribution in [2.75, 3.05) is 5.73 Å². The van der Waals surface area contributed by atoms with Crippen molar-refractivity contribution in [2.24, 2.45) is 0 Å². The Hall–Kier alpha value is -2.00. The highest BCUT2D eigenvalue weighted by Crippen LogP contribution is 2.25. The summed E-state index contributed by atoms with van der Waals surface area (Å²) >= 11 is 6.02. The first-order chi connectivity index (χ1) is 10.1. The predicted octanol–water partition coefficient (Wildman–Crippen LogP) is 3.77. The Balaban J connectivity index is 1.70. The number of nitrogen functional groups attached to an aromatic ring is 1. The van der Waals surface area contributed by atoms with Crippen molar-refractivity contribution >= 4 is 23.3 Å². The van der Waals surface area contributed by atoms with Crippen molar-refractivity contribution in [1.82, 2.24) is 0 Å². The summed E-state index contributed by atoms with van der Waals surface area (Å²) in [4.78, 5) is 12.1. The maximum absolute atomic E-state index is 12.1. The normalized spacial score (nSPS) is 13.0. The molecule has 0 fully saturated rings. The first-order valence-corrected chi connectivity index (χ1v) is 7.35. The van der Waals surface area contributed by atoms with Crippen LogP contribution in [0, 0.1) is 0 Å². The number of carbonyl (C=O) groups is 1. The average Bonchev–Trinajstić information content (AvgIpc) is 2.95. The highest BCUT2D eigenvalue weighted by molar-refractivity contribution is 6.36. The minimum atomic E-state index is -0.451. The molecule has 1 aliphatic rings. The van der Waals surface area contributed by atoms with Crippen molar-refractivity contribution in [3.63, 3.8) is 0 Å². The van der Waals surface area contributed by atoms with Crippen molar-refractivity contribution in [3.8, 4) is 0 Å². The van der Waals surface area contributed by atoms with Gasteiger partial charge in [-0.25, -0.2) is 4.79 Å². The van der Waals surface area contributed by atoms with Gasteiger partial charge in [0.1, 0.15) is 6.61 Å². The third kappa shape index (κ3) is 2.88. The maximum Gasteiger partial charge on any atom is 0.340 e. The highest BCUT2D eigenvalue weighted by atomic mass is 35.5. The van der Waals surface area contributed by atoms with Crippen molar-refractivity contribution in [1.29, 1.82) is 0 Å². The zero-order valence-corrected chi connectivity index (χ0v) is 12.3. The minimum absolute atomic E-state index is 0.247. The second kappa shape index (κ2) is 5.78. The Morgan fingerprint density at radius 2 is 2.00 bits per heavy atom. The molecule has 0 heterocycles. The van der Waals surface area contributed by atoms with Crippen LogP contribution >= 0.6 is 11.6 Å². The van der Waals surface area contributed by atoms with Crippen LogP contribution in [0.3, 0.4) is 0 Å². The fourth-order valence-corrected chi connectivity index (χ4v) is 2.85. The molecule has 0 saturated carbocycles. The smallest absolute Gasteiger partial charge is 0.340 e. The molecule has 2 aromatic rings. The van der Waals surface area contributed by atoms with E-state index in [9.17, 15) is 4.79 Å². The van der Waals surface area contributed by atoms with E-state index in [4.69, 9.17) is 22.1 Å². The Morgan fingerprint density at radius 1 is 1.19 bits per heavy atom. The van der Waals surface area contributed by atoms with E-state index >= 15 is 0 Å². The van der Waals surface area contributed by atoms with Crippen LogP contribution in [0.25, 0.3) is 0 Å². The van der Waals surface area contributed by atoms with E-state index in [1.165, 1.54) is 17.5 Å². The Bertz CT molecular complexity index is 697. The van der Waals surface area contributed by atoms with Crippen LogP contribution in [0.5, 0.6) is 0 Å². The first kappa shape index (κ1) is 14.0. The number of esters is 1. The number of fused-ring (bicyclic) bond motifs is 1. The lowest BCUT2D eigenvalue weighted by Gasteiger charge is -2.09. The van der Waals surface area contributed by atoms with Gasteiger partial charge in [0.2, 0.25) is 0 Å². The van der Waals surface area contributed by atoms with Crippen LogP contribution in [0.4, 0.5) is 5.69 Å². The number of anilines is 1. The van der Waals surface area contributed by atoms with Gasteiger partial charge in [0.15, 0.2) is 0 Å². The number of hydrogen-bond donors (Lipinski definition) is 1. The number of carbonyl (C=O) groups excluding carboxylic acids is 1. The molecule has 0 radical (unpaired) electrons. The third-order valence-electron chi connectivity index (χ3n) is 3.78. The zero-order chi connectivity index (χ0) is 14.8. The van der Waals surface area contributed by atoms with Crippen molar-refractivity contribution in [3.05, 3.63) is 63.7 Å². The van der Waals surface area contributed by atoms with E-state index in [1.54, 1.807) is 18.2 Å². The second-order valence-corrected chi connectivity index (χ2v) is 5.62. The maximum atomic E-state index is 12.1. The molecule has 0 bridgehead atoms. The van der Waals surface area contributed by atoms with Crippen molar-refractivity contribution < 1.29 is 9.53 Å². The lowest BCUT2D eigenvalue weighted by Crippen LogP contribution is -2.07. The van der Waals surface area contributed by atoms with Gasteiger partial charge in [-0.05, 0) is 48.1 Å². The zero-order valence-electron chi connectivity index (χ0n) is 11.6. The van der Waals surface area contributed by atoms with Crippen LogP contribution in [0.2, 0.25) is 5.02 Å². The number of halogens is 1. The molecule has 108 valence electrons. The molecule has 2 N–H and O–H groups in total. The summed E-state index contributed by atoms with van der Waals surface area (Å²) in [6.45, 7) is 0.247. The molecule has 0 aromatic heterocycles. The van der Waals surface area contributed by atoms with E-state index in [0.717, 1.165) is 18.4 Å². The molecule has 0 atom stereocenters. The lowest BCUT2D eigenvalue weighted by molar-refractivity contribution is 0.0473. The topological polar surface area (TPSA) is 52.3 Å². The number of ether oxygens (including phenoxy) is 1. The molecular weight excluding hydrogens is 286 g/mol. The van der Waals surface area contributed by atoms with Gasteiger partial charge in [-0.1, -0.05) is 35.9 Å². The van der Waals surface area contributed by atoms with E-state index in [2.05, 4.69) is 12.1 Å². The van der Waals surface area contributed by atoms with Gasteiger partial charge in [0, 0.05) is 0 Å². The average molecular weight is 302 g/mol. The summed E-state index contributed by atoms with van der Waals surface area (Å²) in [7, 11) is 0. The fraction of sp³-hybridized carbons (Fsp3) is 0.235. The molecule has 21 heavy (non-hydrogen) atoms. The number of aryl methyl sites for hydroxylation is 2. The molecule has 0 amide bonds. The van der Waals surface area contributed by atoms with Gasteiger partial charge in [0.25, 0.3) is 0 Å². The van der Waals surface area contributed by atoms with Gasteiger partial charge in [-0.3, -0.25) is 0 Å². The molecule has 3 nitrogen and oxygen atoms in total. The number of rotatable bonds is 3. The molecular formula is C17H16ClNO2. The van der Waals surface area contributed by atoms with Crippen LogP contribution in [-0.2, 0) is 24.2 Å². The van der Waals surface area contributed by atoms with Crippen LogP contribution in [0.1, 0.15) is 33.5 Å². The van der Waals surface area contributed by atoms with Crippen LogP contribution in [-0.4, -0.2) is 5.97 Å². The van der Waals surface area contributed by atoms with E-state index < -0.39 is 5.97 Å². The van der Waals surface area contributed by atoms with Gasteiger partial charge >= 0.3 is 5.97 Å². The predicted molar refractivity (Wildman–Crippen MR) is 83.5 cm³/mol. The largest absolute Gasteiger partial charge is 0.457 e. The molecule has 0 saturated heterocycles. The summed E-state index contributed by atoms with van der Waals surface area (Å²) in [5.74, 6) is -0.451. The molecule has 4 heteroatoms. The van der Waals surface area contributed by atoms with E-state index in [1.807, 2.05) is 6.07 Å². The number of hydrogen-bond acceptors (Lipinski definition) is 3. The summed E-state index contributed by atoms with van der Waals surface area (Å²) in [5.41, 5.74) is 10.1. The second-order valence-electron chi connectivity index (χ2n) is 5.24. The minimum Gasteiger partial charge on any atom is -0.457 e. The lowest BCUT2D eigenvalue weighted by atomic mass is 10.1. The highest BCUT2D eigenvalue weighted by Gasteiger charge is 2.15. The fourth-order valence-electron chi connectivity index (χ4n) is 2.65. The Morgan fingerprint density at radius 3 is 2.86 bits per heavy atom. The molecule has 0 aliphatic heterocycles. The van der Waals surface area contributed by atoms with E-state index in [0.29, 0.717) is 11.3 Å². The molecule has 1 aliphatic carbocycles. The molecule has 0 unspecified atom stereocenters. The third-order valence-corrected chi connectivity index (χ3v) is 4.20. The summed E-state index contributed by atoms with van der Waals surface area (Å²) < 4.78 is 5.33. The van der Waals surface area contributed by atoms with Gasteiger partial charge in [0.05, 0.1) is 16.3 Å². The Kier molecular flexibility index (Phi) is 3.84. The Labute approximate surface area is 128 Å². The van der Waals surface area contributed by atoms with Gasteiger partial charge < -0.3 is 10.5 Å². The molecule has 2 aromatic carbocycles. The van der Waals surface area contributed by atoms with Gasteiger partial charge in [-0.2, -0.15) is 0 Å². The summed E-state index contributed by atoms with van der Waals surface area (Å²) in [6, 6.07) is 11.2. The van der Waals surface area contributed by atoms with Crippen molar-refractivity contribution in [2.45, 2.75) is 25.9 Å².